The highest BCUT2D eigenvalue weighted by Gasteiger charge is 2.60. The summed E-state index contributed by atoms with van der Waals surface area (Å²) in [5, 5.41) is 6.11. The average Bonchev–Trinajstić information content (AvgIpc) is 3.17. The predicted octanol–water partition coefficient (Wildman–Crippen LogP) is 2.54. The Kier molecular flexibility index (Phi) is 5.66. The number of carbonyl (C=O) groups is 2. The van der Waals surface area contributed by atoms with Crippen molar-refractivity contribution in [2.45, 2.75) is 24.4 Å². The number of amides is 1. The minimum atomic E-state index is -1.23. The molecule has 2 heterocycles. The van der Waals surface area contributed by atoms with Crippen LogP contribution in [0.2, 0.25) is 0 Å². The zero-order chi connectivity index (χ0) is 22.8. The van der Waals surface area contributed by atoms with Crippen molar-refractivity contribution in [3.8, 4) is 0 Å². The van der Waals surface area contributed by atoms with Gasteiger partial charge in [-0.1, -0.05) is 72.8 Å². The van der Waals surface area contributed by atoms with Gasteiger partial charge in [0.1, 0.15) is 17.9 Å². The molecule has 2 fully saturated rings. The number of ether oxygens (including phenoxy) is 1. The molecule has 168 valence electrons. The molecule has 2 atom stereocenters. The second-order valence-corrected chi connectivity index (χ2v) is 8.24. The lowest BCUT2D eigenvalue weighted by molar-refractivity contribution is -0.153. The SMILES string of the molecule is O=C(NCc1cccc(F)c1)C1CNCC2C(=O)OC(c3ccccc3)(c3ccccc3)N12. The van der Waals surface area contributed by atoms with Gasteiger partial charge >= 0.3 is 5.97 Å². The van der Waals surface area contributed by atoms with Gasteiger partial charge in [-0.15, -0.1) is 0 Å². The van der Waals surface area contributed by atoms with Gasteiger partial charge < -0.3 is 15.4 Å². The van der Waals surface area contributed by atoms with Crippen molar-refractivity contribution in [1.29, 1.82) is 0 Å². The topological polar surface area (TPSA) is 70.7 Å². The molecule has 5 rings (SSSR count). The lowest BCUT2D eigenvalue weighted by Gasteiger charge is -2.44. The molecule has 33 heavy (non-hydrogen) atoms. The van der Waals surface area contributed by atoms with Crippen LogP contribution in [-0.4, -0.2) is 41.9 Å². The normalized spacial score (nSPS) is 21.8. The maximum Gasteiger partial charge on any atom is 0.327 e. The predicted molar refractivity (Wildman–Crippen MR) is 120 cm³/mol. The Balaban J connectivity index is 1.53. The Morgan fingerprint density at radius 2 is 1.67 bits per heavy atom. The van der Waals surface area contributed by atoms with E-state index in [0.29, 0.717) is 18.7 Å². The summed E-state index contributed by atoms with van der Waals surface area (Å²) in [5.41, 5.74) is 0.983. The summed E-state index contributed by atoms with van der Waals surface area (Å²) < 4.78 is 19.7. The maximum atomic E-state index is 13.6. The first kappa shape index (κ1) is 21.3. The minimum absolute atomic E-state index is 0.185. The van der Waals surface area contributed by atoms with Crippen LogP contribution in [0.15, 0.2) is 84.9 Å². The number of hydrogen-bond donors (Lipinski definition) is 2. The number of fused-ring (bicyclic) bond motifs is 1. The zero-order valence-corrected chi connectivity index (χ0v) is 17.9. The van der Waals surface area contributed by atoms with Crippen LogP contribution in [0, 0.1) is 5.82 Å². The second-order valence-electron chi connectivity index (χ2n) is 8.24. The fraction of sp³-hybridized carbons (Fsp3) is 0.231. The fourth-order valence-corrected chi connectivity index (χ4v) is 4.76. The molecule has 2 N–H and O–H groups in total. The third-order valence-corrected chi connectivity index (χ3v) is 6.22. The van der Waals surface area contributed by atoms with Crippen molar-refractivity contribution in [1.82, 2.24) is 15.5 Å². The van der Waals surface area contributed by atoms with Crippen LogP contribution >= 0.6 is 0 Å². The number of halogens is 1. The smallest absolute Gasteiger partial charge is 0.327 e. The van der Waals surface area contributed by atoms with Crippen LogP contribution < -0.4 is 10.6 Å². The van der Waals surface area contributed by atoms with Crippen LogP contribution in [0.25, 0.3) is 0 Å². The number of benzene rings is 3. The highest BCUT2D eigenvalue weighted by molar-refractivity contribution is 5.86. The molecule has 3 aromatic carbocycles. The number of piperazine rings is 1. The Hall–Kier alpha value is -3.55. The number of cyclic esters (lactones) is 1. The zero-order valence-electron chi connectivity index (χ0n) is 17.9. The first-order chi connectivity index (χ1) is 16.1. The van der Waals surface area contributed by atoms with E-state index in [2.05, 4.69) is 10.6 Å². The van der Waals surface area contributed by atoms with E-state index in [0.717, 1.165) is 11.1 Å². The van der Waals surface area contributed by atoms with Crippen LogP contribution in [-0.2, 0) is 26.6 Å². The molecular formula is C26H24FN3O3. The van der Waals surface area contributed by atoms with E-state index >= 15 is 0 Å². The van der Waals surface area contributed by atoms with Gasteiger partial charge in [-0.2, -0.15) is 0 Å². The summed E-state index contributed by atoms with van der Waals surface area (Å²) in [5.74, 6) is -0.990. The van der Waals surface area contributed by atoms with Crippen LogP contribution in [0.4, 0.5) is 4.39 Å². The Labute approximate surface area is 191 Å². The van der Waals surface area contributed by atoms with Gasteiger partial charge in [0.25, 0.3) is 0 Å². The minimum Gasteiger partial charge on any atom is -0.434 e. The molecule has 2 saturated heterocycles. The molecule has 2 aliphatic rings. The number of esters is 1. The number of rotatable bonds is 5. The fourth-order valence-electron chi connectivity index (χ4n) is 4.76. The van der Waals surface area contributed by atoms with Crippen molar-refractivity contribution < 1.29 is 18.7 Å². The van der Waals surface area contributed by atoms with E-state index in [4.69, 9.17) is 4.74 Å². The molecule has 0 aliphatic carbocycles. The largest absolute Gasteiger partial charge is 0.434 e. The van der Waals surface area contributed by atoms with E-state index in [9.17, 15) is 14.0 Å². The van der Waals surface area contributed by atoms with Crippen molar-refractivity contribution in [3.05, 3.63) is 107 Å². The highest BCUT2D eigenvalue weighted by atomic mass is 19.1. The van der Waals surface area contributed by atoms with Crippen molar-refractivity contribution in [2.75, 3.05) is 13.1 Å². The van der Waals surface area contributed by atoms with Crippen molar-refractivity contribution in [2.24, 2.45) is 0 Å². The first-order valence-corrected chi connectivity index (χ1v) is 10.9. The average molecular weight is 445 g/mol. The molecule has 1 amide bonds. The number of carbonyl (C=O) groups excluding carboxylic acids is 2. The summed E-state index contributed by atoms with van der Waals surface area (Å²) in [4.78, 5) is 28.4. The van der Waals surface area contributed by atoms with E-state index in [1.54, 1.807) is 12.1 Å². The first-order valence-electron chi connectivity index (χ1n) is 10.9. The third-order valence-electron chi connectivity index (χ3n) is 6.22. The van der Waals surface area contributed by atoms with E-state index in [1.807, 2.05) is 65.6 Å². The van der Waals surface area contributed by atoms with E-state index in [-0.39, 0.29) is 24.2 Å². The third kappa shape index (κ3) is 3.79. The number of nitrogens with one attached hydrogen (secondary N) is 2. The lowest BCUT2D eigenvalue weighted by Crippen LogP contribution is -2.65. The van der Waals surface area contributed by atoms with Crippen LogP contribution in [0.1, 0.15) is 16.7 Å². The molecule has 7 heteroatoms. The summed E-state index contributed by atoms with van der Waals surface area (Å²) in [6.45, 7) is 0.918. The van der Waals surface area contributed by atoms with Crippen LogP contribution in [0.3, 0.4) is 0 Å². The Morgan fingerprint density at radius 1 is 1.00 bits per heavy atom. The quantitative estimate of drug-likeness (QED) is 0.591. The Bertz CT molecular complexity index is 1120. The molecule has 3 aromatic rings. The molecule has 2 unspecified atom stereocenters. The molecule has 0 radical (unpaired) electrons. The number of hydrogen-bond acceptors (Lipinski definition) is 5. The van der Waals surface area contributed by atoms with Crippen molar-refractivity contribution in [3.63, 3.8) is 0 Å². The van der Waals surface area contributed by atoms with Crippen LogP contribution in [0.5, 0.6) is 0 Å². The highest BCUT2D eigenvalue weighted by Crippen LogP contribution is 2.45. The van der Waals surface area contributed by atoms with E-state index in [1.165, 1.54) is 12.1 Å². The molecule has 0 aromatic heterocycles. The molecule has 2 aliphatic heterocycles. The van der Waals surface area contributed by atoms with Gasteiger partial charge in [0.2, 0.25) is 11.6 Å². The maximum absolute atomic E-state index is 13.6. The molecule has 0 saturated carbocycles. The van der Waals surface area contributed by atoms with Gasteiger partial charge in [-0.3, -0.25) is 9.59 Å². The van der Waals surface area contributed by atoms with E-state index < -0.39 is 17.8 Å². The molecular weight excluding hydrogens is 421 g/mol. The summed E-state index contributed by atoms with van der Waals surface area (Å²) >= 11 is 0. The summed E-state index contributed by atoms with van der Waals surface area (Å²) in [7, 11) is 0. The molecule has 0 bridgehead atoms. The molecule has 0 spiro atoms. The summed E-state index contributed by atoms with van der Waals surface area (Å²) in [6, 6.07) is 23.8. The van der Waals surface area contributed by atoms with Gasteiger partial charge in [0, 0.05) is 30.8 Å². The van der Waals surface area contributed by atoms with Crippen molar-refractivity contribution >= 4 is 11.9 Å². The summed E-state index contributed by atoms with van der Waals surface area (Å²) in [6.07, 6.45) is 0. The van der Waals surface area contributed by atoms with Gasteiger partial charge in [0.05, 0.1) is 0 Å². The van der Waals surface area contributed by atoms with Gasteiger partial charge in [-0.05, 0) is 17.7 Å². The molecule has 6 nitrogen and oxygen atoms in total. The lowest BCUT2D eigenvalue weighted by atomic mass is 9.90. The second kappa shape index (κ2) is 8.77. The number of nitrogens with zero attached hydrogens (tertiary/aromatic N) is 1. The van der Waals surface area contributed by atoms with Gasteiger partial charge in [0.15, 0.2) is 0 Å². The Morgan fingerprint density at radius 3 is 2.30 bits per heavy atom. The standard InChI is InChI=1S/C26H24FN3O3/c27-21-13-7-8-18(14-21)15-29-24(31)22-16-28-17-23-25(32)33-26(30(22)23,19-9-3-1-4-10-19)20-11-5-2-6-12-20/h1-14,22-23,28H,15-17H2,(H,29,31). The monoisotopic (exact) mass is 445 g/mol. The van der Waals surface area contributed by atoms with Gasteiger partial charge in [-0.25, -0.2) is 9.29 Å².